The molecule has 0 saturated heterocycles. The van der Waals surface area contributed by atoms with E-state index in [2.05, 4.69) is 32.8 Å². The van der Waals surface area contributed by atoms with Gasteiger partial charge in [-0.1, -0.05) is 130 Å². The highest BCUT2D eigenvalue weighted by atomic mass is 16.5. The summed E-state index contributed by atoms with van der Waals surface area (Å²) >= 11 is 0. The Morgan fingerprint density at radius 2 is 0.851 bits per heavy atom. The Balaban J connectivity index is 0.000000188. The highest BCUT2D eigenvalue weighted by Gasteiger charge is 2.39. The van der Waals surface area contributed by atoms with Gasteiger partial charge in [0, 0.05) is 32.4 Å². The number of carbonyl (C=O) groups excluding carboxylic acids is 10. The quantitative estimate of drug-likeness (QED) is 0.0473. The monoisotopic (exact) mass is 1280 g/mol. The fourth-order valence-corrected chi connectivity index (χ4v) is 11.1. The van der Waals surface area contributed by atoms with Crippen molar-refractivity contribution in [1.82, 2.24) is 16.0 Å². The Hall–Kier alpha value is -10.7. The Morgan fingerprint density at radius 3 is 1.22 bits per heavy atom. The molecule has 0 spiro atoms. The first kappa shape index (κ1) is 69.2. The molecule has 0 aromatic heterocycles. The van der Waals surface area contributed by atoms with Gasteiger partial charge in [-0.2, -0.15) is 0 Å². The van der Waals surface area contributed by atoms with Crippen LogP contribution < -0.4 is 51.1 Å². The number of carboxylic acid groups (broad SMARTS) is 1. The number of nitrogens with one attached hydrogen (secondary N) is 3. The Bertz CT molecular complexity index is 3970. The predicted octanol–water partition coefficient (Wildman–Crippen LogP) is 5.78. The van der Waals surface area contributed by atoms with E-state index < -0.39 is 72.8 Å². The van der Waals surface area contributed by atoms with Gasteiger partial charge in [0.1, 0.15) is 44.0 Å². The van der Waals surface area contributed by atoms with E-state index in [1.807, 2.05) is 78.9 Å². The van der Waals surface area contributed by atoms with Gasteiger partial charge in [-0.15, -0.1) is 0 Å². The molecule has 0 bridgehead atoms. The number of nitrogens with zero attached hydrogens (tertiary/aromatic N) is 6. The number of methoxy groups -OCH3 is 2. The lowest BCUT2D eigenvalue weighted by molar-refractivity contribution is -0.140. The van der Waals surface area contributed by atoms with Gasteiger partial charge < -0.3 is 55.8 Å². The van der Waals surface area contributed by atoms with Gasteiger partial charge in [0.05, 0.1) is 80.4 Å². The van der Waals surface area contributed by atoms with Crippen molar-refractivity contribution in [3.63, 3.8) is 0 Å². The molecule has 6 N–H and O–H groups in total. The van der Waals surface area contributed by atoms with Crippen LogP contribution in [0.3, 0.4) is 0 Å². The lowest BCUT2D eigenvalue weighted by atomic mass is 10.1. The normalized spacial score (nSPS) is 16.3. The number of hydrogen-bond donors (Lipinski definition) is 5. The molecular weight excluding hydrogens is 1200 g/mol. The topological polar surface area (TPSA) is 308 Å². The molecule has 7 aromatic carbocycles. The summed E-state index contributed by atoms with van der Waals surface area (Å²) in [4.78, 5) is 145. The van der Waals surface area contributed by atoms with Crippen molar-refractivity contribution < 1.29 is 67.3 Å². The van der Waals surface area contributed by atoms with Crippen LogP contribution in [0.15, 0.2) is 158 Å². The second-order valence-corrected chi connectivity index (χ2v) is 22.2. The van der Waals surface area contributed by atoms with Crippen LogP contribution in [0.2, 0.25) is 0 Å². The van der Waals surface area contributed by atoms with Gasteiger partial charge in [-0.05, 0) is 81.2 Å². The number of amides is 7. The third kappa shape index (κ3) is 16.9. The minimum Gasteiger partial charge on any atom is -0.481 e. The van der Waals surface area contributed by atoms with Crippen molar-refractivity contribution in [2.24, 2.45) is 5.73 Å². The molecule has 3 aliphatic heterocycles. The molecule has 4 atom stereocenters. The Labute approximate surface area is 543 Å². The number of benzene rings is 7. The maximum Gasteiger partial charge on any atom is 0.325 e. The van der Waals surface area contributed by atoms with Crippen LogP contribution in [0.25, 0.3) is 21.5 Å². The fourth-order valence-electron chi connectivity index (χ4n) is 11.1. The smallest absolute Gasteiger partial charge is 0.325 e. The first-order valence-electron chi connectivity index (χ1n) is 30.7. The summed E-state index contributed by atoms with van der Waals surface area (Å²) in [7, 11) is 2.54. The van der Waals surface area contributed by atoms with E-state index in [0.29, 0.717) is 66.3 Å². The van der Waals surface area contributed by atoms with Gasteiger partial charge in [-0.25, -0.2) is 0 Å². The van der Waals surface area contributed by atoms with Crippen LogP contribution in [0.4, 0.5) is 34.1 Å². The second kappa shape index (κ2) is 32.5. The first-order valence-corrected chi connectivity index (χ1v) is 30.7. The minimum atomic E-state index is -1.24. The average molecular weight is 1280 g/mol. The maximum absolute atomic E-state index is 13.8. The number of aliphatic carboxylic acids is 1. The summed E-state index contributed by atoms with van der Waals surface area (Å²) in [5.74, 6) is -4.53. The van der Waals surface area contributed by atoms with Crippen molar-refractivity contribution in [3.8, 4) is 0 Å². The number of ether oxygens (including phenoxy) is 2. The third-order valence-electron chi connectivity index (χ3n) is 16.0. The Morgan fingerprint density at radius 1 is 0.500 bits per heavy atom. The summed E-state index contributed by atoms with van der Waals surface area (Å²) in [5, 5.41) is 22.4. The molecule has 10 rings (SSSR count). The van der Waals surface area contributed by atoms with Crippen molar-refractivity contribution in [2.45, 2.75) is 83.7 Å². The van der Waals surface area contributed by atoms with Crippen LogP contribution in [0.5, 0.6) is 0 Å². The standard InChI is InChI=1S/C29H30N4O6.C26H27N3O4.C15H19N3O4/c1-2-27(36)32-16-23(30-15-19-11-12-20-7-3-4-8-21(20)13-19)29(39)33(25-10-6-5-9-24(25)32)17-26(35)31-22(18-34)14-28(37)38;1-3-24(30)28-16-21(27-15-18-12-13-19-8-4-5-9-20(19)14-18)26(32)29(17-25(31)33-2)23-11-7-6-10-22(23)28;1-3-13(19)17-8-10(16)15(21)18(9-14(20)22-2)12-7-5-4-6-11(12)17/h3-13,18,22-23,30H,2,14-17H2,1H3,(H,31,35)(H,37,38);4-14,21,27H,3,15-17H2,1-2H3;4-7,10H,3,8-9,16H2,1-2H3/t22-,23-;21-;10-/m000/s1. The molecule has 0 unspecified atom stereocenters. The number of aldehydes is 1. The maximum atomic E-state index is 13.8. The van der Waals surface area contributed by atoms with Crippen LogP contribution in [0, 0.1) is 0 Å². The number of carboxylic acids is 1. The van der Waals surface area contributed by atoms with E-state index in [9.17, 15) is 52.7 Å². The zero-order valence-electron chi connectivity index (χ0n) is 52.9. The summed E-state index contributed by atoms with van der Waals surface area (Å²) in [6.07, 6.45) is 0.591. The molecule has 0 radical (unpaired) electrons. The van der Waals surface area contributed by atoms with Crippen LogP contribution in [-0.4, -0.2) is 148 Å². The third-order valence-corrected chi connectivity index (χ3v) is 16.0. The van der Waals surface area contributed by atoms with Crippen molar-refractivity contribution in [2.75, 3.05) is 82.9 Å². The molecule has 0 aliphatic carbocycles. The number of esters is 2. The van der Waals surface area contributed by atoms with E-state index in [1.54, 1.807) is 97.3 Å². The van der Waals surface area contributed by atoms with E-state index in [4.69, 9.17) is 15.6 Å². The summed E-state index contributed by atoms with van der Waals surface area (Å²) < 4.78 is 9.46. The van der Waals surface area contributed by atoms with E-state index >= 15 is 0 Å². The number of anilines is 6. The van der Waals surface area contributed by atoms with Gasteiger partial charge >= 0.3 is 17.9 Å². The molecule has 24 nitrogen and oxygen atoms in total. The number of para-hydroxylation sites is 6. The van der Waals surface area contributed by atoms with Crippen molar-refractivity contribution >= 4 is 121 Å². The van der Waals surface area contributed by atoms with E-state index in [-0.39, 0.29) is 62.8 Å². The average Bonchev–Trinajstić information content (AvgIpc) is 1.66. The lowest BCUT2D eigenvalue weighted by Gasteiger charge is -2.25. The van der Waals surface area contributed by atoms with Crippen molar-refractivity contribution in [1.29, 1.82) is 0 Å². The number of hydrogen-bond acceptors (Lipinski definition) is 16. The summed E-state index contributed by atoms with van der Waals surface area (Å²) in [6, 6.07) is 45.4. The minimum absolute atomic E-state index is 0.0597. The molecular formula is C70H76N10O14. The molecule has 490 valence electrons. The van der Waals surface area contributed by atoms with Crippen molar-refractivity contribution in [3.05, 3.63) is 169 Å². The first-order chi connectivity index (χ1) is 45.3. The SMILES string of the molecule is CCC(=O)N1C[C@H](N)C(=O)N(CC(=O)OC)c2ccccc21.CCC(=O)N1C[C@H](NCc2ccc3ccccc3c2)C(=O)N(CC(=O)N[C@H](C=O)CC(=O)O)c2ccccc21.CCC(=O)N1C[C@H](NCc2ccc3ccccc3c2)C(=O)N(CC(=O)OC)c2ccccc21. The molecule has 94 heavy (non-hydrogen) atoms. The highest BCUT2D eigenvalue weighted by Crippen LogP contribution is 2.36. The zero-order chi connectivity index (χ0) is 67.6. The highest BCUT2D eigenvalue weighted by molar-refractivity contribution is 6.12. The number of carbonyl (C=O) groups is 11. The summed E-state index contributed by atoms with van der Waals surface area (Å²) in [5.41, 5.74) is 10.9. The van der Waals surface area contributed by atoms with Gasteiger partial charge in [-0.3, -0.25) is 62.6 Å². The van der Waals surface area contributed by atoms with E-state index in [0.717, 1.165) is 32.7 Å². The molecule has 0 saturated carbocycles. The zero-order valence-corrected chi connectivity index (χ0v) is 52.9. The molecule has 0 fully saturated rings. The number of nitrogens with two attached hydrogens (primary N) is 1. The van der Waals surface area contributed by atoms with Crippen LogP contribution >= 0.6 is 0 Å². The van der Waals surface area contributed by atoms with Gasteiger partial charge in [0.2, 0.25) is 41.4 Å². The lowest BCUT2D eigenvalue weighted by Crippen LogP contribution is -2.53. The number of rotatable bonds is 19. The molecule has 7 amide bonds. The Kier molecular flexibility index (Phi) is 24.0. The van der Waals surface area contributed by atoms with Gasteiger partial charge in [0.15, 0.2) is 0 Å². The fraction of sp³-hybridized carbons (Fsp3) is 0.300. The van der Waals surface area contributed by atoms with E-state index in [1.165, 1.54) is 33.8 Å². The largest absolute Gasteiger partial charge is 0.481 e. The molecule has 7 aromatic rings. The number of fused-ring (bicyclic) bond motifs is 5. The summed E-state index contributed by atoms with van der Waals surface area (Å²) in [6.45, 7) is 5.46. The second-order valence-electron chi connectivity index (χ2n) is 22.2. The molecule has 3 heterocycles. The van der Waals surface area contributed by atoms with Crippen LogP contribution in [0.1, 0.15) is 57.6 Å². The predicted molar refractivity (Wildman–Crippen MR) is 356 cm³/mol. The van der Waals surface area contributed by atoms with Gasteiger partial charge in [0.25, 0.3) is 0 Å². The molecule has 24 heteroatoms. The molecule has 3 aliphatic rings. The van der Waals surface area contributed by atoms with Crippen LogP contribution in [-0.2, 0) is 75.3 Å².